The minimum Gasteiger partial charge on any atom is -0.275 e. The smallest absolute Gasteiger partial charge is 0.275 e. The Morgan fingerprint density at radius 1 is 1.43 bits per heavy atom. The van der Waals surface area contributed by atoms with E-state index in [0.29, 0.717) is 6.54 Å². The van der Waals surface area contributed by atoms with E-state index in [9.17, 15) is 9.59 Å². The van der Waals surface area contributed by atoms with E-state index in [4.69, 9.17) is 11.8 Å². The number of hydrogen-bond donors (Lipinski definition) is 1. The van der Waals surface area contributed by atoms with Crippen LogP contribution in [0.4, 0.5) is 4.79 Å². The van der Waals surface area contributed by atoms with Gasteiger partial charge in [-0.25, -0.2) is 4.79 Å². The molecule has 0 bridgehead atoms. The lowest BCUT2D eigenvalue weighted by atomic mass is 10.2. The van der Waals surface area contributed by atoms with Crippen LogP contribution in [0.2, 0.25) is 0 Å². The first-order valence-electron chi connectivity index (χ1n) is 4.69. The molecule has 0 aromatic rings. The molecule has 0 radical (unpaired) electrons. The van der Waals surface area contributed by atoms with Gasteiger partial charge in [0.25, 0.3) is 0 Å². The van der Waals surface area contributed by atoms with Crippen molar-refractivity contribution in [1.82, 2.24) is 14.9 Å². The Bertz CT molecular complexity index is 235. The van der Waals surface area contributed by atoms with Crippen molar-refractivity contribution in [2.24, 2.45) is 0 Å². The number of imide groups is 1. The first-order valence-corrected chi connectivity index (χ1v) is 5.03. The van der Waals surface area contributed by atoms with Gasteiger partial charge in [-0.1, -0.05) is 19.8 Å². The van der Waals surface area contributed by atoms with Gasteiger partial charge in [0, 0.05) is 18.3 Å². The minimum absolute atomic E-state index is 0.152. The van der Waals surface area contributed by atoms with Crippen LogP contribution in [0.15, 0.2) is 0 Å². The Labute approximate surface area is 88.1 Å². The second kappa shape index (κ2) is 5.17. The van der Waals surface area contributed by atoms with E-state index in [1.807, 2.05) is 0 Å². The van der Waals surface area contributed by atoms with E-state index in [1.165, 1.54) is 0 Å². The number of rotatable bonds is 4. The summed E-state index contributed by atoms with van der Waals surface area (Å²) in [5.74, 6) is -0.302. The van der Waals surface area contributed by atoms with E-state index in [0.717, 1.165) is 23.8 Å². The van der Waals surface area contributed by atoms with Crippen LogP contribution in [0.1, 0.15) is 26.2 Å². The van der Waals surface area contributed by atoms with Gasteiger partial charge in [0.15, 0.2) is 0 Å². The molecule has 0 saturated carbocycles. The molecule has 1 saturated heterocycles. The summed E-state index contributed by atoms with van der Waals surface area (Å²) in [6, 6.07) is -0.570. The van der Waals surface area contributed by atoms with Crippen molar-refractivity contribution < 1.29 is 9.59 Å². The number of urea groups is 1. The molecule has 0 aromatic carbocycles. The van der Waals surface area contributed by atoms with Gasteiger partial charge in [0.1, 0.15) is 0 Å². The number of nitrogens with zero attached hydrogens (tertiary/aromatic N) is 2. The van der Waals surface area contributed by atoms with Crippen LogP contribution < -0.4 is 5.32 Å². The van der Waals surface area contributed by atoms with E-state index in [-0.39, 0.29) is 12.5 Å². The van der Waals surface area contributed by atoms with Gasteiger partial charge >= 0.3 is 6.03 Å². The Hall–Kier alpha value is -0.810. The lowest BCUT2D eigenvalue weighted by Gasteiger charge is -2.31. The molecule has 0 aliphatic carbocycles. The summed E-state index contributed by atoms with van der Waals surface area (Å²) >= 11 is 5.67. The molecule has 1 aliphatic rings. The third-order valence-corrected chi connectivity index (χ3v) is 2.38. The second-order valence-corrected chi connectivity index (χ2v) is 3.53. The van der Waals surface area contributed by atoms with Crippen molar-refractivity contribution in [2.75, 3.05) is 13.1 Å². The maximum absolute atomic E-state index is 11.1. The summed E-state index contributed by atoms with van der Waals surface area (Å²) in [4.78, 5) is 22.1. The number of nitrogens with one attached hydrogen (secondary N) is 1. The lowest BCUT2D eigenvalue weighted by molar-refractivity contribution is -0.126. The van der Waals surface area contributed by atoms with Crippen molar-refractivity contribution in [3.63, 3.8) is 0 Å². The average molecular weight is 220 g/mol. The zero-order valence-electron chi connectivity index (χ0n) is 8.12. The van der Waals surface area contributed by atoms with E-state index >= 15 is 0 Å². The fourth-order valence-corrected chi connectivity index (χ4v) is 1.44. The summed E-state index contributed by atoms with van der Waals surface area (Å²) in [7, 11) is 0. The number of unbranched alkanes of at least 4 members (excludes halogenated alkanes) is 2. The summed E-state index contributed by atoms with van der Waals surface area (Å²) in [6.45, 7) is 2.88. The van der Waals surface area contributed by atoms with Crippen LogP contribution in [0.5, 0.6) is 0 Å². The quantitative estimate of drug-likeness (QED) is 0.569. The van der Waals surface area contributed by atoms with Crippen LogP contribution in [-0.4, -0.2) is 34.6 Å². The van der Waals surface area contributed by atoms with Gasteiger partial charge in [0.2, 0.25) is 5.91 Å². The maximum atomic E-state index is 11.1. The molecule has 6 heteroatoms. The monoisotopic (exact) mass is 219 g/mol. The zero-order valence-corrected chi connectivity index (χ0v) is 8.88. The normalized spacial score (nSPS) is 18.6. The molecule has 3 amide bonds. The molecule has 80 valence electrons. The highest BCUT2D eigenvalue weighted by Crippen LogP contribution is 2.09. The SMILES string of the molecule is CCCCCN1CC(=O)NC(=O)N1Cl. The van der Waals surface area contributed by atoms with Crippen LogP contribution in [-0.2, 0) is 4.79 Å². The van der Waals surface area contributed by atoms with Crippen LogP contribution in [0, 0.1) is 0 Å². The van der Waals surface area contributed by atoms with Gasteiger partial charge < -0.3 is 0 Å². The molecule has 0 unspecified atom stereocenters. The van der Waals surface area contributed by atoms with E-state index in [1.54, 1.807) is 5.01 Å². The van der Waals surface area contributed by atoms with Crippen LogP contribution in [0.25, 0.3) is 0 Å². The Balaban J connectivity index is 2.41. The molecule has 1 N–H and O–H groups in total. The fraction of sp³-hybridized carbons (Fsp3) is 0.750. The highest BCUT2D eigenvalue weighted by molar-refractivity contribution is 6.22. The van der Waals surface area contributed by atoms with Crippen molar-refractivity contribution in [3.05, 3.63) is 0 Å². The molecule has 0 aromatic heterocycles. The summed E-state index contributed by atoms with van der Waals surface area (Å²) in [6.07, 6.45) is 3.09. The summed E-state index contributed by atoms with van der Waals surface area (Å²) in [5.41, 5.74) is 0. The zero-order chi connectivity index (χ0) is 10.6. The predicted molar refractivity (Wildman–Crippen MR) is 52.3 cm³/mol. The molecular formula is C8H14ClN3O2. The number of hydrogen-bond acceptors (Lipinski definition) is 3. The average Bonchev–Trinajstić information content (AvgIpc) is 2.13. The highest BCUT2D eigenvalue weighted by Gasteiger charge is 2.28. The number of amides is 3. The Morgan fingerprint density at radius 3 is 2.79 bits per heavy atom. The first-order chi connectivity index (χ1) is 6.65. The second-order valence-electron chi connectivity index (χ2n) is 3.21. The summed E-state index contributed by atoms with van der Waals surface area (Å²) < 4.78 is 0.942. The number of carbonyl (C=O) groups excluding carboxylic acids is 2. The first kappa shape index (κ1) is 11.3. The molecule has 1 heterocycles. The maximum Gasteiger partial charge on any atom is 0.353 e. The van der Waals surface area contributed by atoms with E-state index < -0.39 is 6.03 Å². The fourth-order valence-electron chi connectivity index (χ4n) is 1.27. The van der Waals surface area contributed by atoms with Crippen molar-refractivity contribution in [1.29, 1.82) is 0 Å². The largest absolute Gasteiger partial charge is 0.353 e. The Morgan fingerprint density at radius 2 is 2.14 bits per heavy atom. The van der Waals surface area contributed by atoms with Gasteiger partial charge in [-0.05, 0) is 6.42 Å². The van der Waals surface area contributed by atoms with E-state index in [2.05, 4.69) is 12.2 Å². The lowest BCUT2D eigenvalue weighted by Crippen LogP contribution is -2.57. The van der Waals surface area contributed by atoms with Gasteiger partial charge in [-0.3, -0.25) is 10.1 Å². The summed E-state index contributed by atoms with van der Waals surface area (Å²) in [5, 5.41) is 3.66. The number of hydrazine groups is 1. The third kappa shape index (κ3) is 2.85. The minimum atomic E-state index is -0.570. The van der Waals surface area contributed by atoms with Crippen molar-refractivity contribution in [3.8, 4) is 0 Å². The number of halogens is 1. The van der Waals surface area contributed by atoms with Gasteiger partial charge in [-0.2, -0.15) is 9.54 Å². The molecule has 1 rings (SSSR count). The molecule has 1 aliphatic heterocycles. The molecule has 0 spiro atoms. The molecule has 14 heavy (non-hydrogen) atoms. The topological polar surface area (TPSA) is 52.7 Å². The van der Waals surface area contributed by atoms with Crippen LogP contribution >= 0.6 is 11.8 Å². The molecule has 5 nitrogen and oxygen atoms in total. The van der Waals surface area contributed by atoms with Gasteiger partial charge in [-0.15, -0.1) is 0 Å². The molecular weight excluding hydrogens is 206 g/mol. The standard InChI is InChI=1S/C8H14ClN3O2/c1-2-3-4-5-11-6-7(13)10-8(14)12(11)9/h2-6H2,1H3,(H,10,13,14). The Kier molecular flexibility index (Phi) is 4.16. The van der Waals surface area contributed by atoms with Crippen LogP contribution in [0.3, 0.4) is 0 Å². The predicted octanol–water partition coefficient (Wildman–Crippen LogP) is 1.10. The highest BCUT2D eigenvalue weighted by atomic mass is 35.5. The molecule has 0 atom stereocenters. The molecule has 1 fully saturated rings. The van der Waals surface area contributed by atoms with Crippen molar-refractivity contribution >= 4 is 23.7 Å². The van der Waals surface area contributed by atoms with Crippen molar-refractivity contribution in [2.45, 2.75) is 26.2 Å². The number of carbonyl (C=O) groups is 2. The van der Waals surface area contributed by atoms with Gasteiger partial charge in [0.05, 0.1) is 6.54 Å². The third-order valence-electron chi connectivity index (χ3n) is 2.01.